The molecule has 0 aliphatic carbocycles. The maximum absolute atomic E-state index is 13.5. The zero-order valence-corrected chi connectivity index (χ0v) is 19.8. The second-order valence-electron chi connectivity index (χ2n) is 7.83. The van der Waals surface area contributed by atoms with Crippen LogP contribution in [0.2, 0.25) is 0 Å². The lowest BCUT2D eigenvalue weighted by Gasteiger charge is -2.34. The Labute approximate surface area is 211 Å². The molecule has 8 nitrogen and oxygen atoms in total. The van der Waals surface area contributed by atoms with Crippen LogP contribution in [0, 0.1) is 0 Å². The number of hydrogen-bond donors (Lipinski definition) is 4. The zero-order chi connectivity index (χ0) is 27.4. The summed E-state index contributed by atoms with van der Waals surface area (Å²) in [6.07, 6.45) is -9.62. The van der Waals surface area contributed by atoms with Gasteiger partial charge in [-0.3, -0.25) is 9.69 Å². The Bertz CT molecular complexity index is 1140. The molecule has 4 rings (SSSR count). The summed E-state index contributed by atoms with van der Waals surface area (Å²) in [5, 5.41) is 13.0. The molecule has 2 aliphatic heterocycles. The number of fused-ring (bicyclic) bond motifs is 2. The van der Waals surface area contributed by atoms with Crippen LogP contribution in [0.25, 0.3) is 0 Å². The van der Waals surface area contributed by atoms with Crippen LogP contribution in [0.1, 0.15) is 5.56 Å². The van der Waals surface area contributed by atoms with E-state index in [2.05, 4.69) is 10.6 Å². The Morgan fingerprint density at radius 2 is 1.84 bits per heavy atom. The van der Waals surface area contributed by atoms with Gasteiger partial charge in [0.2, 0.25) is 5.91 Å². The second-order valence-corrected chi connectivity index (χ2v) is 8.91. The van der Waals surface area contributed by atoms with E-state index in [-0.39, 0.29) is 12.3 Å². The third-order valence-corrected chi connectivity index (χ3v) is 6.37. The van der Waals surface area contributed by atoms with E-state index in [9.17, 15) is 31.1 Å². The summed E-state index contributed by atoms with van der Waals surface area (Å²) in [6, 6.07) is 8.78. The summed E-state index contributed by atoms with van der Waals surface area (Å²) >= 11 is 1.23. The Balaban J connectivity index is 0.000000479. The van der Waals surface area contributed by atoms with Gasteiger partial charge in [0.15, 0.2) is 0 Å². The second kappa shape index (κ2) is 11.6. The minimum absolute atomic E-state index is 0.0881. The predicted molar refractivity (Wildman–Crippen MR) is 123 cm³/mol. The standard InChI is InChI=1S/C20H21F3N4O2S.C2HF3O2/c21-20(22,23)12-9-14(26-19(28)15-11-29-8-7-27(15)6-5-24)18-17(10-12)30-16-4-2-1-3-13(16)25-18;3-2(4,5)1(6)7/h1-4,9-10,15,25H,5-8,11,24H2,(H,26,28);(H,6,7). The number of benzene rings is 2. The summed E-state index contributed by atoms with van der Waals surface area (Å²) in [7, 11) is 0. The smallest absolute Gasteiger partial charge is 0.475 e. The number of halogens is 6. The number of nitrogens with one attached hydrogen (secondary N) is 2. The van der Waals surface area contributed by atoms with Gasteiger partial charge in [0.05, 0.1) is 35.8 Å². The summed E-state index contributed by atoms with van der Waals surface area (Å²) in [5.74, 6) is -3.18. The number of nitrogens with two attached hydrogens (primary N) is 1. The van der Waals surface area contributed by atoms with Crippen molar-refractivity contribution in [2.75, 3.05) is 43.5 Å². The number of nitrogens with zero attached hydrogens (tertiary/aromatic N) is 1. The van der Waals surface area contributed by atoms with Crippen molar-refractivity contribution < 1.29 is 45.8 Å². The van der Waals surface area contributed by atoms with Crippen LogP contribution >= 0.6 is 11.8 Å². The van der Waals surface area contributed by atoms with Gasteiger partial charge in [-0.25, -0.2) is 4.79 Å². The van der Waals surface area contributed by atoms with E-state index >= 15 is 0 Å². The molecule has 0 aromatic heterocycles. The number of aliphatic carboxylic acids is 1. The van der Waals surface area contributed by atoms with Gasteiger partial charge in [0.1, 0.15) is 6.04 Å². The summed E-state index contributed by atoms with van der Waals surface area (Å²) in [4.78, 5) is 25.0. The average molecular weight is 552 g/mol. The molecule has 0 spiro atoms. The quantitative estimate of drug-likeness (QED) is 0.357. The van der Waals surface area contributed by atoms with Crippen LogP contribution in [-0.4, -0.2) is 66.9 Å². The number of carboxylic acids is 1. The highest BCUT2D eigenvalue weighted by Crippen LogP contribution is 2.49. The number of rotatable bonds is 4. The highest BCUT2D eigenvalue weighted by atomic mass is 32.2. The van der Waals surface area contributed by atoms with Crippen LogP contribution in [0.15, 0.2) is 46.2 Å². The van der Waals surface area contributed by atoms with Gasteiger partial charge in [-0.2, -0.15) is 26.3 Å². The number of anilines is 3. The Kier molecular flexibility index (Phi) is 8.94. The summed E-state index contributed by atoms with van der Waals surface area (Å²) in [6.45, 7) is 2.06. The molecule has 15 heteroatoms. The largest absolute Gasteiger partial charge is 0.490 e. The van der Waals surface area contributed by atoms with E-state index in [4.69, 9.17) is 20.4 Å². The fraction of sp³-hybridized carbons (Fsp3) is 0.364. The Morgan fingerprint density at radius 3 is 2.46 bits per heavy atom. The number of alkyl halides is 6. The maximum atomic E-state index is 13.5. The molecule has 5 N–H and O–H groups in total. The molecule has 1 unspecified atom stereocenters. The molecular weight excluding hydrogens is 530 g/mol. The first kappa shape index (κ1) is 28.6. The number of carbonyl (C=O) groups excluding carboxylic acids is 1. The highest BCUT2D eigenvalue weighted by molar-refractivity contribution is 7.99. The first-order valence-corrected chi connectivity index (χ1v) is 11.5. The van der Waals surface area contributed by atoms with Crippen LogP contribution < -0.4 is 16.4 Å². The molecule has 202 valence electrons. The van der Waals surface area contributed by atoms with Gasteiger partial charge in [-0.1, -0.05) is 23.9 Å². The molecule has 1 amide bonds. The third-order valence-electron chi connectivity index (χ3n) is 5.25. The van der Waals surface area contributed by atoms with Crippen LogP contribution in [-0.2, 0) is 20.5 Å². The van der Waals surface area contributed by atoms with E-state index in [0.717, 1.165) is 22.7 Å². The van der Waals surface area contributed by atoms with Gasteiger partial charge in [-0.15, -0.1) is 0 Å². The van der Waals surface area contributed by atoms with Crippen molar-refractivity contribution >= 4 is 40.7 Å². The van der Waals surface area contributed by atoms with Crippen LogP contribution in [0.4, 0.5) is 43.4 Å². The third kappa shape index (κ3) is 7.28. The number of para-hydroxylation sites is 1. The van der Waals surface area contributed by atoms with Gasteiger partial charge < -0.3 is 26.2 Å². The molecule has 2 aliphatic rings. The fourth-order valence-electron chi connectivity index (χ4n) is 3.53. The average Bonchev–Trinajstić information content (AvgIpc) is 2.82. The Hall–Kier alpha value is -3.01. The summed E-state index contributed by atoms with van der Waals surface area (Å²) < 4.78 is 77.7. The Morgan fingerprint density at radius 1 is 1.16 bits per heavy atom. The zero-order valence-electron chi connectivity index (χ0n) is 18.9. The molecule has 2 heterocycles. The molecule has 0 saturated carbocycles. The first-order valence-electron chi connectivity index (χ1n) is 10.7. The van der Waals surface area contributed by atoms with Gasteiger partial charge in [0.25, 0.3) is 0 Å². The number of morpholine rings is 1. The van der Waals surface area contributed by atoms with E-state index < -0.39 is 35.8 Å². The lowest BCUT2D eigenvalue weighted by atomic mass is 10.1. The van der Waals surface area contributed by atoms with E-state index in [1.54, 1.807) is 0 Å². The molecule has 1 saturated heterocycles. The van der Waals surface area contributed by atoms with Crippen molar-refractivity contribution in [2.24, 2.45) is 5.73 Å². The maximum Gasteiger partial charge on any atom is 0.490 e. The lowest BCUT2D eigenvalue weighted by Crippen LogP contribution is -2.53. The van der Waals surface area contributed by atoms with Crippen LogP contribution in [0.3, 0.4) is 0 Å². The van der Waals surface area contributed by atoms with E-state index in [1.165, 1.54) is 11.8 Å². The van der Waals surface area contributed by atoms with Gasteiger partial charge in [0, 0.05) is 29.4 Å². The normalized spacial score (nSPS) is 17.4. The molecular formula is C22H22F6N4O4S. The number of carbonyl (C=O) groups is 2. The van der Waals surface area contributed by atoms with Crippen molar-refractivity contribution in [1.29, 1.82) is 0 Å². The molecule has 37 heavy (non-hydrogen) atoms. The molecule has 2 aromatic rings. The van der Waals surface area contributed by atoms with E-state index in [0.29, 0.717) is 36.8 Å². The van der Waals surface area contributed by atoms with Crippen molar-refractivity contribution in [2.45, 2.75) is 28.2 Å². The number of carboxylic acid groups (broad SMARTS) is 1. The number of hydrogen-bond acceptors (Lipinski definition) is 7. The first-order chi connectivity index (χ1) is 17.3. The number of ether oxygens (including phenoxy) is 1. The lowest BCUT2D eigenvalue weighted by molar-refractivity contribution is -0.192. The van der Waals surface area contributed by atoms with Crippen molar-refractivity contribution in [3.63, 3.8) is 0 Å². The minimum atomic E-state index is -5.08. The topological polar surface area (TPSA) is 117 Å². The molecule has 2 aromatic carbocycles. The van der Waals surface area contributed by atoms with Crippen LogP contribution in [0.5, 0.6) is 0 Å². The molecule has 1 fully saturated rings. The van der Waals surface area contributed by atoms with Gasteiger partial charge >= 0.3 is 18.3 Å². The van der Waals surface area contributed by atoms with Crippen molar-refractivity contribution in [3.8, 4) is 0 Å². The summed E-state index contributed by atoms with van der Waals surface area (Å²) in [5.41, 5.74) is 6.12. The number of amides is 1. The fourth-order valence-corrected chi connectivity index (χ4v) is 4.59. The monoisotopic (exact) mass is 552 g/mol. The SMILES string of the molecule is NCCN1CCOCC1C(=O)Nc1cc(C(F)(F)F)cc2c1Nc1ccccc1S2.O=C(O)C(F)(F)F. The van der Waals surface area contributed by atoms with Crippen molar-refractivity contribution in [3.05, 3.63) is 42.0 Å². The molecule has 0 radical (unpaired) electrons. The van der Waals surface area contributed by atoms with Gasteiger partial charge in [-0.05, 0) is 24.3 Å². The molecule has 0 bridgehead atoms. The highest BCUT2D eigenvalue weighted by Gasteiger charge is 2.38. The minimum Gasteiger partial charge on any atom is -0.475 e. The molecule has 1 atom stereocenters. The van der Waals surface area contributed by atoms with E-state index in [1.807, 2.05) is 29.2 Å². The van der Waals surface area contributed by atoms with Crippen molar-refractivity contribution in [1.82, 2.24) is 4.90 Å². The predicted octanol–water partition coefficient (Wildman–Crippen LogP) is 4.14.